The Bertz CT molecular complexity index is 550. The number of halogens is 2. The first kappa shape index (κ1) is 37.9. The fraction of sp³-hybridized carbons (Fsp3) is 0.800. The second-order valence-electron chi connectivity index (χ2n) is 9.99. The van der Waals surface area contributed by atoms with Crippen molar-refractivity contribution in [2.75, 3.05) is 13.1 Å². The molecule has 212 valence electrons. The topological polar surface area (TPSA) is 33.6 Å². The molecule has 2 unspecified atom stereocenters. The van der Waals surface area contributed by atoms with Crippen LogP contribution < -0.4 is 43.8 Å². The molecule has 0 bridgehead atoms. The van der Waals surface area contributed by atoms with Gasteiger partial charge in [-0.3, -0.25) is 9.80 Å². The van der Waals surface area contributed by atoms with Gasteiger partial charge in [-0.15, -0.1) is 0 Å². The number of nitrogens with zero attached hydrogens (tertiary/aromatic N) is 2. The highest BCUT2D eigenvalue weighted by Crippen LogP contribution is 2.08. The lowest BCUT2D eigenvalue weighted by Gasteiger charge is -2.10. The van der Waals surface area contributed by atoms with Gasteiger partial charge >= 0.3 is 0 Å². The van der Waals surface area contributed by atoms with Gasteiger partial charge in [0.25, 0.3) is 0 Å². The van der Waals surface area contributed by atoms with Crippen LogP contribution >= 0.6 is 0 Å². The molecule has 0 radical (unpaired) electrons. The third kappa shape index (κ3) is 18.9. The number of aliphatic imine (C=N–C) groups is 2. The van der Waals surface area contributed by atoms with E-state index in [0.717, 1.165) is 12.8 Å². The molecule has 0 aromatic heterocycles. The second-order valence-corrected chi connectivity index (χ2v) is 9.99. The van der Waals surface area contributed by atoms with Crippen LogP contribution in [0.25, 0.3) is 0 Å². The van der Waals surface area contributed by atoms with Crippen molar-refractivity contribution in [2.24, 2.45) is 9.98 Å². The molecule has 2 heterocycles. The smallest absolute Gasteiger partial charge is 0.205 e. The maximum absolute atomic E-state index is 4.38. The van der Waals surface area contributed by atoms with E-state index in [4.69, 9.17) is 0 Å². The quantitative estimate of drug-likeness (QED) is 0.185. The zero-order chi connectivity index (χ0) is 24.7. The van der Waals surface area contributed by atoms with Crippen molar-refractivity contribution in [3.63, 3.8) is 0 Å². The Labute approximate surface area is 245 Å². The molecule has 0 fully saturated rings. The van der Waals surface area contributed by atoms with Crippen LogP contribution in [0, 0.1) is 0 Å². The van der Waals surface area contributed by atoms with E-state index in [-0.39, 0.29) is 34.0 Å². The molecular weight excluding hydrogens is 576 g/mol. The summed E-state index contributed by atoms with van der Waals surface area (Å²) in [5.41, 5.74) is 0. The summed E-state index contributed by atoms with van der Waals surface area (Å²) in [6.07, 6.45) is 32.9. The lowest BCUT2D eigenvalue weighted by Crippen LogP contribution is -3.09. The van der Waals surface area contributed by atoms with Crippen LogP contribution in [-0.4, -0.2) is 24.8 Å². The third-order valence-electron chi connectivity index (χ3n) is 7.02. The minimum Gasteiger partial charge on any atom is -1.00 e. The van der Waals surface area contributed by atoms with Crippen LogP contribution in [0.4, 0.5) is 0 Å². The number of nitrogens with one attached hydrogen (secondary N) is 2. The molecule has 2 N–H and O–H groups in total. The molecule has 2 atom stereocenters. The molecule has 6 heteroatoms. The predicted octanol–water partition coefficient (Wildman–Crippen LogP) is 0.619. The molecule has 0 saturated heterocycles. The van der Waals surface area contributed by atoms with Gasteiger partial charge in [0.15, 0.2) is 0 Å². The van der Waals surface area contributed by atoms with Gasteiger partial charge in [-0.2, -0.15) is 0 Å². The Balaban J connectivity index is 0. The summed E-state index contributed by atoms with van der Waals surface area (Å²) >= 11 is 0. The molecule has 0 aliphatic carbocycles. The van der Waals surface area contributed by atoms with E-state index in [1.807, 2.05) is 12.4 Å². The minimum absolute atomic E-state index is 0. The van der Waals surface area contributed by atoms with Gasteiger partial charge in [-0.25, -0.2) is 9.98 Å². The largest absolute Gasteiger partial charge is 1.00 e. The molecule has 0 amide bonds. The van der Waals surface area contributed by atoms with Gasteiger partial charge in [0.1, 0.15) is 12.4 Å². The average Bonchev–Trinajstić information content (AvgIpc) is 3.51. The van der Waals surface area contributed by atoms with E-state index in [1.54, 1.807) is 0 Å². The van der Waals surface area contributed by atoms with Crippen molar-refractivity contribution in [1.29, 1.82) is 0 Å². The normalized spacial score (nSPS) is 17.7. The summed E-state index contributed by atoms with van der Waals surface area (Å²) in [5.74, 6) is 2.63. The number of amidine groups is 2. The monoisotopic (exact) mass is 632 g/mol. The van der Waals surface area contributed by atoms with Gasteiger partial charge in [0.05, 0.1) is 25.5 Å². The van der Waals surface area contributed by atoms with Gasteiger partial charge in [0.2, 0.25) is 11.7 Å². The Morgan fingerprint density at radius 1 is 0.472 bits per heavy atom. The highest BCUT2D eigenvalue weighted by Gasteiger charge is 2.16. The average molecular weight is 635 g/mol. The lowest BCUT2D eigenvalue weighted by atomic mass is 10.1. The number of rotatable bonds is 20. The highest BCUT2D eigenvalue weighted by molar-refractivity contribution is 5.75. The Morgan fingerprint density at radius 3 is 1.08 bits per heavy atom. The maximum atomic E-state index is 4.38. The second kappa shape index (κ2) is 27.7. The Kier molecular flexibility index (Phi) is 29.2. The Hall–Kier alpha value is -0.300. The number of hydrogen-bond acceptors (Lipinski definition) is 2. The Morgan fingerprint density at radius 2 is 0.778 bits per heavy atom. The minimum atomic E-state index is 0. The van der Waals surface area contributed by atoms with Crippen molar-refractivity contribution in [3.8, 4) is 0 Å². The standard InChI is InChI=1S/2C15H28N2.2BrH/c2*1-3-5-6-7-8-9-10-11-13-17-14-12-16-15(17)4-2;;/h2*12,14H,3-11,13H2,1-2H3;2*1H. The first-order valence-electron chi connectivity index (χ1n) is 15.0. The predicted molar refractivity (Wildman–Crippen MR) is 151 cm³/mol. The van der Waals surface area contributed by atoms with Crippen LogP contribution in [0.2, 0.25) is 0 Å². The van der Waals surface area contributed by atoms with Crippen LogP contribution in [0.15, 0.2) is 34.8 Å². The van der Waals surface area contributed by atoms with E-state index in [9.17, 15) is 0 Å². The van der Waals surface area contributed by atoms with Gasteiger partial charge < -0.3 is 34.0 Å². The molecular formula is C30H58Br2N4. The van der Waals surface area contributed by atoms with Gasteiger partial charge in [0, 0.05) is 12.8 Å². The molecule has 0 saturated carbocycles. The zero-order valence-corrected chi connectivity index (χ0v) is 27.3. The van der Waals surface area contributed by atoms with Crippen molar-refractivity contribution < 1.29 is 43.8 Å². The molecule has 4 nitrogen and oxygen atoms in total. The molecule has 36 heavy (non-hydrogen) atoms. The third-order valence-corrected chi connectivity index (χ3v) is 7.02. The molecule has 2 aliphatic rings. The van der Waals surface area contributed by atoms with E-state index >= 15 is 0 Å². The van der Waals surface area contributed by atoms with Crippen molar-refractivity contribution in [2.45, 2.75) is 143 Å². The summed E-state index contributed by atoms with van der Waals surface area (Å²) in [7, 11) is 0. The summed E-state index contributed by atoms with van der Waals surface area (Å²) in [6, 6.07) is 0. The highest BCUT2D eigenvalue weighted by atomic mass is 79.9. The van der Waals surface area contributed by atoms with Crippen molar-refractivity contribution >= 4 is 11.7 Å². The van der Waals surface area contributed by atoms with E-state index in [2.05, 4.69) is 50.1 Å². The van der Waals surface area contributed by atoms with Crippen molar-refractivity contribution in [1.82, 2.24) is 0 Å². The van der Waals surface area contributed by atoms with Gasteiger partial charge in [-0.05, 0) is 25.7 Å². The molecule has 0 spiro atoms. The SMILES string of the molecule is CCCCCCCCCC[NH+]1C=CN=C1CC.CCCCCCCCCC[NH+]1C=CN=C1CC.[Br-].[Br-]. The van der Waals surface area contributed by atoms with E-state index < -0.39 is 0 Å². The number of quaternary nitrogens is 2. The van der Waals surface area contributed by atoms with Crippen LogP contribution in [-0.2, 0) is 0 Å². The first-order chi connectivity index (χ1) is 16.8. The van der Waals surface area contributed by atoms with E-state index in [0.29, 0.717) is 0 Å². The van der Waals surface area contributed by atoms with E-state index in [1.165, 1.54) is 137 Å². The lowest BCUT2D eigenvalue weighted by molar-refractivity contribution is -0.746. The zero-order valence-electron chi connectivity index (χ0n) is 24.1. The first-order valence-corrected chi connectivity index (χ1v) is 15.0. The summed E-state index contributed by atoms with van der Waals surface area (Å²) in [4.78, 5) is 11.7. The molecule has 2 rings (SSSR count). The maximum Gasteiger partial charge on any atom is 0.205 e. The molecule has 0 aromatic carbocycles. The number of unbranched alkanes of at least 4 members (excludes halogenated alkanes) is 14. The van der Waals surface area contributed by atoms with Gasteiger partial charge in [-0.1, -0.05) is 105 Å². The van der Waals surface area contributed by atoms with Crippen LogP contribution in [0.5, 0.6) is 0 Å². The summed E-state index contributed by atoms with van der Waals surface area (Å²) < 4.78 is 0. The fourth-order valence-corrected chi connectivity index (χ4v) is 4.78. The fourth-order valence-electron chi connectivity index (χ4n) is 4.78. The summed E-state index contributed by atoms with van der Waals surface area (Å²) in [6.45, 7) is 11.4. The molecule has 0 aromatic rings. The van der Waals surface area contributed by atoms with Crippen LogP contribution in [0.3, 0.4) is 0 Å². The van der Waals surface area contributed by atoms with Crippen LogP contribution in [0.1, 0.15) is 143 Å². The molecule has 2 aliphatic heterocycles. The van der Waals surface area contributed by atoms with Crippen molar-refractivity contribution in [3.05, 3.63) is 24.8 Å². The number of hydrogen-bond donors (Lipinski definition) is 2. The summed E-state index contributed by atoms with van der Waals surface area (Å²) in [5, 5.41) is 0.